The Labute approximate surface area is 126 Å². The van der Waals surface area contributed by atoms with E-state index in [1.807, 2.05) is 0 Å². The third-order valence-corrected chi connectivity index (χ3v) is 3.40. The molecule has 2 heterocycles. The van der Waals surface area contributed by atoms with Gasteiger partial charge in [0.2, 0.25) is 5.91 Å². The minimum Gasteiger partial charge on any atom is -0.353 e. The van der Waals surface area contributed by atoms with Gasteiger partial charge in [0.25, 0.3) is 11.8 Å². The van der Waals surface area contributed by atoms with Crippen LogP contribution in [0.3, 0.4) is 0 Å². The van der Waals surface area contributed by atoms with E-state index in [1.54, 1.807) is 47.4 Å². The van der Waals surface area contributed by atoms with Crippen LogP contribution in [0, 0.1) is 0 Å². The normalized spacial score (nSPS) is 13.4. The molecule has 2 aromatic rings. The quantitative estimate of drug-likeness (QED) is 0.804. The molecule has 7 nitrogen and oxygen atoms in total. The van der Waals surface area contributed by atoms with Gasteiger partial charge in [-0.3, -0.25) is 24.0 Å². The Morgan fingerprint density at radius 2 is 1.77 bits per heavy atom. The van der Waals surface area contributed by atoms with E-state index >= 15 is 0 Å². The number of rotatable bonds is 5. The van der Waals surface area contributed by atoms with Gasteiger partial charge in [0.15, 0.2) is 0 Å². The minimum absolute atomic E-state index is 0.272. The van der Waals surface area contributed by atoms with Crippen molar-refractivity contribution in [3.05, 3.63) is 53.9 Å². The van der Waals surface area contributed by atoms with Crippen molar-refractivity contribution in [2.75, 3.05) is 13.1 Å². The van der Waals surface area contributed by atoms with E-state index in [0.29, 0.717) is 24.2 Å². The number of benzene rings is 1. The molecule has 1 N–H and O–H groups in total. The summed E-state index contributed by atoms with van der Waals surface area (Å²) in [4.78, 5) is 37.1. The molecular formula is C15H14N4O3. The van der Waals surface area contributed by atoms with Crippen LogP contribution < -0.4 is 5.32 Å². The average Bonchev–Trinajstić information content (AvgIpc) is 3.11. The summed E-state index contributed by atoms with van der Waals surface area (Å²) in [5.74, 6) is -1.23. The van der Waals surface area contributed by atoms with Gasteiger partial charge in [0.1, 0.15) is 6.54 Å². The Hall–Kier alpha value is -2.96. The van der Waals surface area contributed by atoms with Crippen LogP contribution in [0.25, 0.3) is 0 Å². The van der Waals surface area contributed by atoms with Crippen molar-refractivity contribution in [3.8, 4) is 0 Å². The number of carbonyl (C=O) groups is 3. The molecule has 0 saturated heterocycles. The van der Waals surface area contributed by atoms with Gasteiger partial charge in [-0.1, -0.05) is 12.1 Å². The zero-order valence-corrected chi connectivity index (χ0v) is 11.7. The lowest BCUT2D eigenvalue weighted by Gasteiger charge is -2.13. The van der Waals surface area contributed by atoms with Crippen LogP contribution in [0.5, 0.6) is 0 Å². The number of amides is 3. The van der Waals surface area contributed by atoms with Crippen molar-refractivity contribution in [2.24, 2.45) is 0 Å². The number of carbonyl (C=O) groups excluding carboxylic acids is 3. The van der Waals surface area contributed by atoms with E-state index in [4.69, 9.17) is 0 Å². The van der Waals surface area contributed by atoms with Gasteiger partial charge in [-0.15, -0.1) is 0 Å². The molecule has 22 heavy (non-hydrogen) atoms. The highest BCUT2D eigenvalue weighted by molar-refractivity contribution is 6.22. The Morgan fingerprint density at radius 1 is 1.09 bits per heavy atom. The van der Waals surface area contributed by atoms with Crippen LogP contribution in [0.2, 0.25) is 0 Å². The van der Waals surface area contributed by atoms with Gasteiger partial charge < -0.3 is 5.32 Å². The molecule has 1 aliphatic heterocycles. The molecule has 0 aliphatic carbocycles. The fourth-order valence-corrected chi connectivity index (χ4v) is 2.32. The highest BCUT2D eigenvalue weighted by Gasteiger charge is 2.36. The van der Waals surface area contributed by atoms with Crippen LogP contribution in [0.4, 0.5) is 0 Å². The average molecular weight is 298 g/mol. The Bertz CT molecular complexity index is 689. The first kappa shape index (κ1) is 14.0. The maximum absolute atomic E-state index is 12.1. The molecule has 0 saturated carbocycles. The van der Waals surface area contributed by atoms with Crippen molar-refractivity contribution in [3.63, 3.8) is 0 Å². The molecule has 7 heteroatoms. The molecule has 0 spiro atoms. The summed E-state index contributed by atoms with van der Waals surface area (Å²) >= 11 is 0. The Morgan fingerprint density at radius 3 is 2.36 bits per heavy atom. The molecule has 0 fully saturated rings. The first-order valence-electron chi connectivity index (χ1n) is 6.86. The smallest absolute Gasteiger partial charge is 0.262 e. The third-order valence-electron chi connectivity index (χ3n) is 3.40. The Kier molecular flexibility index (Phi) is 3.69. The van der Waals surface area contributed by atoms with Gasteiger partial charge in [-0.25, -0.2) is 0 Å². The lowest BCUT2D eigenvalue weighted by atomic mass is 10.1. The molecule has 112 valence electrons. The van der Waals surface area contributed by atoms with Crippen molar-refractivity contribution >= 4 is 17.7 Å². The zero-order valence-electron chi connectivity index (χ0n) is 11.7. The fraction of sp³-hybridized carbons (Fsp3) is 0.200. The molecule has 1 aromatic carbocycles. The lowest BCUT2D eigenvalue weighted by Crippen LogP contribution is -2.41. The van der Waals surface area contributed by atoms with Gasteiger partial charge >= 0.3 is 0 Å². The monoisotopic (exact) mass is 298 g/mol. The van der Waals surface area contributed by atoms with E-state index in [2.05, 4.69) is 10.4 Å². The molecular weight excluding hydrogens is 284 g/mol. The largest absolute Gasteiger partial charge is 0.353 e. The van der Waals surface area contributed by atoms with E-state index in [9.17, 15) is 14.4 Å². The van der Waals surface area contributed by atoms with Gasteiger partial charge in [0.05, 0.1) is 17.7 Å². The molecule has 3 amide bonds. The van der Waals surface area contributed by atoms with Crippen LogP contribution in [-0.4, -0.2) is 45.5 Å². The summed E-state index contributed by atoms with van der Waals surface area (Å²) < 4.78 is 1.68. The number of hydrogen-bond donors (Lipinski definition) is 1. The first-order valence-corrected chi connectivity index (χ1v) is 6.86. The fourth-order valence-electron chi connectivity index (χ4n) is 2.32. The number of nitrogens with zero attached hydrogens (tertiary/aromatic N) is 3. The minimum atomic E-state index is -0.428. The summed E-state index contributed by atoms with van der Waals surface area (Å²) in [6.07, 6.45) is 3.44. The summed E-state index contributed by atoms with van der Waals surface area (Å²) in [6, 6.07) is 8.35. The van der Waals surface area contributed by atoms with Crippen LogP contribution >= 0.6 is 0 Å². The van der Waals surface area contributed by atoms with Crippen LogP contribution in [0.1, 0.15) is 20.7 Å². The summed E-state index contributed by atoms with van der Waals surface area (Å²) in [5.41, 5.74) is 0.689. The number of nitrogens with one attached hydrogen (secondary N) is 1. The highest BCUT2D eigenvalue weighted by Crippen LogP contribution is 2.21. The highest BCUT2D eigenvalue weighted by atomic mass is 16.2. The molecule has 1 aromatic heterocycles. The van der Waals surface area contributed by atoms with E-state index in [1.165, 1.54) is 0 Å². The van der Waals surface area contributed by atoms with E-state index < -0.39 is 11.8 Å². The molecule has 1 aliphatic rings. The summed E-state index contributed by atoms with van der Waals surface area (Å²) in [7, 11) is 0. The second-order valence-corrected chi connectivity index (χ2v) is 4.86. The van der Waals surface area contributed by atoms with E-state index in [0.717, 1.165) is 4.90 Å². The van der Waals surface area contributed by atoms with Crippen molar-refractivity contribution in [1.82, 2.24) is 20.0 Å². The lowest BCUT2D eigenvalue weighted by molar-refractivity contribution is -0.121. The number of aromatic nitrogens is 2. The summed E-state index contributed by atoms with van der Waals surface area (Å²) in [5, 5.41) is 6.68. The molecule has 3 rings (SSSR count). The maximum atomic E-state index is 12.1. The standard InChI is InChI=1S/C15H14N4O3/c20-13(16-7-9-18-8-3-6-17-18)10-19-14(21)11-4-1-2-5-12(11)15(19)22/h1-6,8H,7,9-10H2,(H,16,20). The number of fused-ring (bicyclic) bond motifs is 1. The third kappa shape index (κ3) is 2.60. The van der Waals surface area contributed by atoms with E-state index in [-0.39, 0.29) is 12.5 Å². The number of imide groups is 1. The second kappa shape index (κ2) is 5.80. The maximum Gasteiger partial charge on any atom is 0.262 e. The topological polar surface area (TPSA) is 84.3 Å². The molecule has 0 bridgehead atoms. The zero-order chi connectivity index (χ0) is 15.5. The van der Waals surface area contributed by atoms with Crippen molar-refractivity contribution in [1.29, 1.82) is 0 Å². The first-order chi connectivity index (χ1) is 10.7. The van der Waals surface area contributed by atoms with Crippen LogP contribution in [-0.2, 0) is 11.3 Å². The predicted molar refractivity (Wildman–Crippen MR) is 77.0 cm³/mol. The molecule has 0 radical (unpaired) electrons. The predicted octanol–water partition coefficient (Wildman–Crippen LogP) is 0.295. The van der Waals surface area contributed by atoms with Crippen LogP contribution in [0.15, 0.2) is 42.7 Å². The van der Waals surface area contributed by atoms with Gasteiger partial charge in [-0.05, 0) is 18.2 Å². The van der Waals surface area contributed by atoms with Crippen molar-refractivity contribution < 1.29 is 14.4 Å². The molecule has 0 atom stereocenters. The Balaban J connectivity index is 1.56. The SMILES string of the molecule is O=C(CN1C(=O)c2ccccc2C1=O)NCCn1cccn1. The summed E-state index contributed by atoms with van der Waals surface area (Å²) in [6.45, 7) is 0.635. The number of hydrogen-bond acceptors (Lipinski definition) is 4. The van der Waals surface area contributed by atoms with Crippen molar-refractivity contribution in [2.45, 2.75) is 6.54 Å². The van der Waals surface area contributed by atoms with Gasteiger partial charge in [0, 0.05) is 18.9 Å². The second-order valence-electron chi connectivity index (χ2n) is 4.86. The molecule has 0 unspecified atom stereocenters. The van der Waals surface area contributed by atoms with Gasteiger partial charge in [-0.2, -0.15) is 5.10 Å².